The number of aromatic amines is 1. The van der Waals surface area contributed by atoms with E-state index in [2.05, 4.69) is 16.3 Å². The average Bonchev–Trinajstić information content (AvgIpc) is 2.61. The van der Waals surface area contributed by atoms with Gasteiger partial charge in [-0.1, -0.05) is 0 Å². The minimum absolute atomic E-state index is 0.128. The number of hydrogen-bond acceptors (Lipinski definition) is 2. The van der Waals surface area contributed by atoms with E-state index in [1.54, 1.807) is 14.1 Å². The molecule has 1 radical (unpaired) electrons. The number of carbonyl (C=O) groups is 1. The first kappa shape index (κ1) is 12.5. The molecule has 1 aromatic rings. The molecular weight excluding hydrogens is 223 g/mol. The van der Waals surface area contributed by atoms with Crippen LogP contribution in [0.25, 0.3) is 0 Å². The Kier molecular flexibility index (Phi) is 3.56. The van der Waals surface area contributed by atoms with Crippen molar-refractivity contribution in [3.63, 3.8) is 0 Å². The number of nitrogens with zero attached hydrogens (tertiary/aromatic N) is 2. The van der Waals surface area contributed by atoms with Crippen molar-refractivity contribution >= 4 is 5.91 Å². The number of hydrogen-bond donors (Lipinski definition) is 1. The number of rotatable bonds is 3. The quantitative estimate of drug-likeness (QED) is 0.855. The Bertz CT molecular complexity index is 370. The normalized spacial score (nSPS) is 11.6. The van der Waals surface area contributed by atoms with Crippen molar-refractivity contribution in [3.8, 4) is 0 Å². The van der Waals surface area contributed by atoms with Crippen molar-refractivity contribution < 1.29 is 18.0 Å². The van der Waals surface area contributed by atoms with Crippen LogP contribution < -0.4 is 0 Å². The van der Waals surface area contributed by atoms with Crippen LogP contribution in [0.1, 0.15) is 17.8 Å². The number of H-pyrrole nitrogens is 1. The Morgan fingerprint density at radius 3 is 2.56 bits per heavy atom. The smallest absolute Gasteiger partial charge is 0.349 e. The lowest BCUT2D eigenvalue weighted by Gasteiger charge is -2.08. The van der Waals surface area contributed by atoms with Crippen LogP contribution in [-0.4, -0.2) is 35.1 Å². The number of halogens is 3. The lowest BCUT2D eigenvalue weighted by atomic mass is 10.2. The third-order valence-corrected chi connectivity index (χ3v) is 1.93. The number of carbonyl (C=O) groups excluding carboxylic acids is 1. The maximum absolute atomic E-state index is 12.1. The summed E-state index contributed by atoms with van der Waals surface area (Å²) >= 11 is 0. The van der Waals surface area contributed by atoms with Crippen LogP contribution in [-0.2, 0) is 17.4 Å². The highest BCUT2D eigenvalue weighted by Gasteiger charge is 2.34. The van der Waals surface area contributed by atoms with Gasteiger partial charge in [0.2, 0.25) is 5.91 Å². The first-order chi connectivity index (χ1) is 7.30. The third-order valence-electron chi connectivity index (χ3n) is 1.93. The fourth-order valence-electron chi connectivity index (χ4n) is 1.03. The summed E-state index contributed by atoms with van der Waals surface area (Å²) in [5, 5.41) is 5.29. The Labute approximate surface area is 90.4 Å². The standard InChI is InChI=1S/C9H11F3N3O/c1-15(2)8(16)4-3-6-5-7(14-13-6)9(10,11)12/h3-4H2,1-2H3,(H,13,14). The van der Waals surface area contributed by atoms with Crippen molar-refractivity contribution in [2.45, 2.75) is 19.0 Å². The summed E-state index contributed by atoms with van der Waals surface area (Å²) in [6.45, 7) is 0. The van der Waals surface area contributed by atoms with E-state index in [0.717, 1.165) is 0 Å². The van der Waals surface area contributed by atoms with Gasteiger partial charge in [0.1, 0.15) is 0 Å². The molecule has 0 saturated carbocycles. The maximum atomic E-state index is 12.1. The Morgan fingerprint density at radius 2 is 2.12 bits per heavy atom. The van der Waals surface area contributed by atoms with Gasteiger partial charge in [-0.3, -0.25) is 9.89 Å². The minimum Gasteiger partial charge on any atom is -0.349 e. The van der Waals surface area contributed by atoms with E-state index in [1.807, 2.05) is 0 Å². The van der Waals surface area contributed by atoms with Gasteiger partial charge in [0.25, 0.3) is 0 Å². The van der Waals surface area contributed by atoms with Gasteiger partial charge < -0.3 is 4.90 Å². The average molecular weight is 234 g/mol. The SMILES string of the molecule is CN(C)C(=O)CCc1[c]c(C(F)(F)F)n[nH]1. The fourth-order valence-corrected chi connectivity index (χ4v) is 1.03. The summed E-state index contributed by atoms with van der Waals surface area (Å²) in [5.74, 6) is -0.156. The molecule has 1 N–H and O–H groups in total. The highest BCUT2D eigenvalue weighted by Crippen LogP contribution is 2.27. The number of aryl methyl sites for hydroxylation is 1. The second kappa shape index (κ2) is 4.54. The van der Waals surface area contributed by atoms with Crippen LogP contribution in [0.4, 0.5) is 13.2 Å². The van der Waals surface area contributed by atoms with Crippen LogP contribution in [0.2, 0.25) is 0 Å². The zero-order chi connectivity index (χ0) is 12.3. The molecule has 7 heteroatoms. The molecular formula is C9H11F3N3O. The third kappa shape index (κ3) is 3.25. The van der Waals surface area contributed by atoms with Crippen molar-refractivity contribution in [2.75, 3.05) is 14.1 Å². The summed E-state index contributed by atoms with van der Waals surface area (Å²) < 4.78 is 36.4. The molecule has 0 bridgehead atoms. The molecule has 0 spiro atoms. The van der Waals surface area contributed by atoms with Crippen LogP contribution in [0.5, 0.6) is 0 Å². The second-order valence-corrected chi connectivity index (χ2v) is 3.46. The molecule has 1 amide bonds. The lowest BCUT2D eigenvalue weighted by molar-refractivity contribution is -0.141. The number of amides is 1. The Morgan fingerprint density at radius 1 is 1.50 bits per heavy atom. The molecule has 0 saturated heterocycles. The highest BCUT2D eigenvalue weighted by molar-refractivity contribution is 5.75. The van der Waals surface area contributed by atoms with Crippen molar-refractivity contribution in [1.29, 1.82) is 0 Å². The molecule has 89 valence electrons. The van der Waals surface area contributed by atoms with E-state index in [9.17, 15) is 18.0 Å². The molecule has 0 unspecified atom stereocenters. The molecule has 4 nitrogen and oxygen atoms in total. The fraction of sp³-hybridized carbons (Fsp3) is 0.556. The summed E-state index contributed by atoms with van der Waals surface area (Å²) in [4.78, 5) is 12.6. The van der Waals surface area contributed by atoms with Crippen molar-refractivity contribution in [3.05, 3.63) is 17.5 Å². The maximum Gasteiger partial charge on any atom is 0.435 e. The topological polar surface area (TPSA) is 49.0 Å². The van der Waals surface area contributed by atoms with Gasteiger partial charge in [-0.2, -0.15) is 18.3 Å². The van der Waals surface area contributed by atoms with E-state index < -0.39 is 11.9 Å². The summed E-state index contributed by atoms with van der Waals surface area (Å²) in [7, 11) is 3.17. The van der Waals surface area contributed by atoms with Crippen LogP contribution in [0.15, 0.2) is 0 Å². The first-order valence-electron chi connectivity index (χ1n) is 4.54. The summed E-state index contributed by atoms with van der Waals surface area (Å²) in [6.07, 6.45) is -4.20. The van der Waals surface area contributed by atoms with Gasteiger partial charge in [-0.25, -0.2) is 0 Å². The summed E-state index contributed by atoms with van der Waals surface area (Å²) in [6, 6.07) is 2.08. The molecule has 0 aliphatic carbocycles. The van der Waals surface area contributed by atoms with Gasteiger partial charge in [-0.05, 0) is 6.42 Å². The first-order valence-corrected chi connectivity index (χ1v) is 4.54. The predicted octanol–water partition coefficient (Wildman–Crippen LogP) is 1.25. The van der Waals surface area contributed by atoms with E-state index in [1.165, 1.54) is 4.90 Å². The number of alkyl halides is 3. The van der Waals surface area contributed by atoms with E-state index >= 15 is 0 Å². The Balaban J connectivity index is 2.57. The molecule has 1 heterocycles. The van der Waals surface area contributed by atoms with Crippen LogP contribution in [0, 0.1) is 6.07 Å². The largest absolute Gasteiger partial charge is 0.435 e. The summed E-state index contributed by atoms with van der Waals surface area (Å²) in [5.41, 5.74) is -0.901. The monoisotopic (exact) mass is 234 g/mol. The minimum atomic E-state index is -4.50. The van der Waals surface area contributed by atoms with E-state index in [-0.39, 0.29) is 24.4 Å². The number of aromatic nitrogens is 2. The second-order valence-electron chi connectivity index (χ2n) is 3.46. The molecule has 0 aliphatic rings. The zero-order valence-corrected chi connectivity index (χ0v) is 8.85. The van der Waals surface area contributed by atoms with Crippen molar-refractivity contribution in [2.24, 2.45) is 0 Å². The van der Waals surface area contributed by atoms with Crippen LogP contribution >= 0.6 is 0 Å². The molecule has 1 rings (SSSR count). The molecule has 1 aromatic heterocycles. The van der Waals surface area contributed by atoms with Gasteiger partial charge >= 0.3 is 6.18 Å². The molecule has 0 atom stereocenters. The van der Waals surface area contributed by atoms with Gasteiger partial charge in [0, 0.05) is 32.3 Å². The van der Waals surface area contributed by atoms with E-state index in [0.29, 0.717) is 0 Å². The highest BCUT2D eigenvalue weighted by atomic mass is 19.4. The number of nitrogens with one attached hydrogen (secondary N) is 1. The zero-order valence-electron chi connectivity index (χ0n) is 8.85. The van der Waals surface area contributed by atoms with Gasteiger partial charge in [0.05, 0.1) is 0 Å². The van der Waals surface area contributed by atoms with Crippen molar-refractivity contribution in [1.82, 2.24) is 15.1 Å². The predicted molar refractivity (Wildman–Crippen MR) is 49.4 cm³/mol. The van der Waals surface area contributed by atoms with Gasteiger partial charge in [-0.15, -0.1) is 0 Å². The molecule has 16 heavy (non-hydrogen) atoms. The Hall–Kier alpha value is -1.53. The lowest BCUT2D eigenvalue weighted by Crippen LogP contribution is -2.21. The van der Waals surface area contributed by atoms with Gasteiger partial charge in [0.15, 0.2) is 5.69 Å². The molecule has 0 aromatic carbocycles. The molecule has 0 aliphatic heterocycles. The molecule has 0 fully saturated rings. The van der Waals surface area contributed by atoms with E-state index in [4.69, 9.17) is 0 Å². The van der Waals surface area contributed by atoms with Crippen LogP contribution in [0.3, 0.4) is 0 Å².